The molecular weight excluding hydrogens is 176 g/mol. The Morgan fingerprint density at radius 1 is 1.50 bits per heavy atom. The van der Waals surface area contributed by atoms with Crippen LogP contribution in [0.15, 0.2) is 12.7 Å². The summed E-state index contributed by atoms with van der Waals surface area (Å²) in [5, 5.41) is 0. The molecule has 0 aromatic carbocycles. The van der Waals surface area contributed by atoms with E-state index < -0.39 is 0 Å². The number of hydrogen-bond donors (Lipinski definition) is 0. The predicted molar refractivity (Wildman–Crippen MR) is 56.9 cm³/mol. The Morgan fingerprint density at radius 2 is 2.14 bits per heavy atom. The normalized spacial score (nSPS) is 30.8. The summed E-state index contributed by atoms with van der Waals surface area (Å²) in [6.07, 6.45) is 4.50. The van der Waals surface area contributed by atoms with Gasteiger partial charge in [-0.1, -0.05) is 27.4 Å². The van der Waals surface area contributed by atoms with E-state index >= 15 is 0 Å². The molecule has 0 heterocycles. The quantitative estimate of drug-likeness (QED) is 0.501. The Kier molecular flexibility index (Phi) is 3.35. The van der Waals surface area contributed by atoms with Gasteiger partial charge in [0.05, 0.1) is 0 Å². The molecule has 14 heavy (non-hydrogen) atoms. The average Bonchev–Trinajstić information content (AvgIpc) is 1.99. The second kappa shape index (κ2) is 4.16. The van der Waals surface area contributed by atoms with Gasteiger partial charge in [0.15, 0.2) is 0 Å². The zero-order valence-corrected chi connectivity index (χ0v) is 9.38. The summed E-state index contributed by atoms with van der Waals surface area (Å²) in [6.45, 7) is 10.1. The molecule has 0 aromatic rings. The molecule has 0 spiro atoms. The monoisotopic (exact) mass is 196 g/mol. The topological polar surface area (TPSA) is 26.3 Å². The van der Waals surface area contributed by atoms with Crippen molar-refractivity contribution in [3.05, 3.63) is 12.7 Å². The minimum Gasteiger partial charge on any atom is -0.459 e. The molecule has 1 aliphatic carbocycles. The first-order chi connectivity index (χ1) is 6.43. The van der Waals surface area contributed by atoms with E-state index in [9.17, 15) is 4.79 Å². The highest BCUT2D eigenvalue weighted by molar-refractivity contribution is 5.81. The standard InChI is InChI=1S/C12H20O2/c1-5-11(13)14-10-6-9(2)7-12(3,4)8-10/h5,9-10H,1,6-8H2,2-4H3/t9-,10+/m1/s1. The molecule has 2 atom stereocenters. The van der Waals surface area contributed by atoms with E-state index in [1.165, 1.54) is 12.5 Å². The highest BCUT2D eigenvalue weighted by atomic mass is 16.5. The van der Waals surface area contributed by atoms with E-state index in [-0.39, 0.29) is 12.1 Å². The highest BCUT2D eigenvalue weighted by Crippen LogP contribution is 2.39. The van der Waals surface area contributed by atoms with Gasteiger partial charge in [0, 0.05) is 6.08 Å². The lowest BCUT2D eigenvalue weighted by Crippen LogP contribution is -2.33. The third-order valence-corrected chi connectivity index (χ3v) is 2.80. The SMILES string of the molecule is C=CC(=O)O[C@H]1C[C@@H](C)CC(C)(C)C1. The third-order valence-electron chi connectivity index (χ3n) is 2.80. The van der Waals surface area contributed by atoms with Gasteiger partial charge in [-0.2, -0.15) is 0 Å². The molecule has 1 rings (SSSR count). The maximum absolute atomic E-state index is 11.1. The summed E-state index contributed by atoms with van der Waals surface area (Å²) in [4.78, 5) is 11.1. The third kappa shape index (κ3) is 3.17. The molecule has 0 N–H and O–H groups in total. The van der Waals surface area contributed by atoms with Crippen LogP contribution < -0.4 is 0 Å². The Bertz CT molecular complexity index is 230. The Hall–Kier alpha value is -0.790. The molecule has 0 bridgehead atoms. The van der Waals surface area contributed by atoms with Crippen LogP contribution in [0.2, 0.25) is 0 Å². The Balaban J connectivity index is 2.54. The fourth-order valence-electron chi connectivity index (χ4n) is 2.56. The maximum Gasteiger partial charge on any atom is 0.330 e. The van der Waals surface area contributed by atoms with Gasteiger partial charge in [-0.05, 0) is 30.6 Å². The fourth-order valence-corrected chi connectivity index (χ4v) is 2.56. The van der Waals surface area contributed by atoms with E-state index in [2.05, 4.69) is 27.4 Å². The molecule has 1 saturated carbocycles. The van der Waals surface area contributed by atoms with Gasteiger partial charge in [-0.15, -0.1) is 0 Å². The smallest absolute Gasteiger partial charge is 0.330 e. The van der Waals surface area contributed by atoms with Gasteiger partial charge in [-0.25, -0.2) is 4.79 Å². The summed E-state index contributed by atoms with van der Waals surface area (Å²) in [6, 6.07) is 0. The molecule has 80 valence electrons. The van der Waals surface area contributed by atoms with Crippen molar-refractivity contribution >= 4 is 5.97 Å². The van der Waals surface area contributed by atoms with Crippen molar-refractivity contribution in [2.75, 3.05) is 0 Å². The summed E-state index contributed by atoms with van der Waals surface area (Å²) < 4.78 is 5.29. The minimum atomic E-state index is -0.292. The van der Waals surface area contributed by atoms with E-state index in [0.29, 0.717) is 11.3 Å². The second-order valence-electron chi connectivity index (χ2n) is 5.18. The van der Waals surface area contributed by atoms with E-state index in [1.807, 2.05) is 0 Å². The van der Waals surface area contributed by atoms with Crippen molar-refractivity contribution in [1.29, 1.82) is 0 Å². The van der Waals surface area contributed by atoms with Crippen LogP contribution in [-0.4, -0.2) is 12.1 Å². The molecule has 0 unspecified atom stereocenters. The fraction of sp³-hybridized carbons (Fsp3) is 0.750. The molecule has 1 aliphatic rings. The lowest BCUT2D eigenvalue weighted by molar-refractivity contribution is -0.147. The van der Waals surface area contributed by atoms with E-state index in [1.54, 1.807) is 0 Å². The highest BCUT2D eigenvalue weighted by Gasteiger charge is 2.33. The Labute approximate surface area is 86.3 Å². The molecule has 1 fully saturated rings. The second-order valence-corrected chi connectivity index (χ2v) is 5.18. The number of ether oxygens (including phenoxy) is 1. The molecular formula is C12H20O2. The van der Waals surface area contributed by atoms with Crippen molar-refractivity contribution in [3.63, 3.8) is 0 Å². The van der Waals surface area contributed by atoms with Crippen molar-refractivity contribution in [1.82, 2.24) is 0 Å². The van der Waals surface area contributed by atoms with Gasteiger partial charge in [0.25, 0.3) is 0 Å². The van der Waals surface area contributed by atoms with Crippen molar-refractivity contribution < 1.29 is 9.53 Å². The Morgan fingerprint density at radius 3 is 2.64 bits per heavy atom. The van der Waals surface area contributed by atoms with Crippen LogP contribution in [0, 0.1) is 11.3 Å². The zero-order valence-electron chi connectivity index (χ0n) is 9.38. The van der Waals surface area contributed by atoms with E-state index in [4.69, 9.17) is 4.74 Å². The van der Waals surface area contributed by atoms with Crippen LogP contribution in [0.25, 0.3) is 0 Å². The number of carbonyl (C=O) groups excluding carboxylic acids is 1. The summed E-state index contributed by atoms with van der Waals surface area (Å²) >= 11 is 0. The van der Waals surface area contributed by atoms with Crippen LogP contribution >= 0.6 is 0 Å². The molecule has 0 aliphatic heterocycles. The number of hydrogen-bond acceptors (Lipinski definition) is 2. The molecule has 0 amide bonds. The van der Waals surface area contributed by atoms with Gasteiger partial charge in [0.1, 0.15) is 6.10 Å². The van der Waals surface area contributed by atoms with Crippen molar-refractivity contribution in [3.8, 4) is 0 Å². The van der Waals surface area contributed by atoms with Crippen LogP contribution in [-0.2, 0) is 9.53 Å². The van der Waals surface area contributed by atoms with Crippen LogP contribution in [0.5, 0.6) is 0 Å². The lowest BCUT2D eigenvalue weighted by Gasteiger charge is -2.38. The summed E-state index contributed by atoms with van der Waals surface area (Å²) in [5.74, 6) is 0.348. The number of esters is 1. The first-order valence-electron chi connectivity index (χ1n) is 5.26. The molecule has 0 radical (unpaired) electrons. The maximum atomic E-state index is 11.1. The summed E-state index contributed by atoms with van der Waals surface area (Å²) in [7, 11) is 0. The molecule has 0 aromatic heterocycles. The first kappa shape index (κ1) is 11.3. The number of rotatable bonds is 2. The largest absolute Gasteiger partial charge is 0.459 e. The lowest BCUT2D eigenvalue weighted by atomic mass is 9.71. The molecule has 0 saturated heterocycles. The van der Waals surface area contributed by atoms with Crippen molar-refractivity contribution in [2.45, 2.75) is 46.1 Å². The van der Waals surface area contributed by atoms with Crippen LogP contribution in [0.4, 0.5) is 0 Å². The van der Waals surface area contributed by atoms with Gasteiger partial charge >= 0.3 is 5.97 Å². The van der Waals surface area contributed by atoms with E-state index in [0.717, 1.165) is 12.8 Å². The number of carbonyl (C=O) groups is 1. The van der Waals surface area contributed by atoms with Gasteiger partial charge < -0.3 is 4.74 Å². The summed E-state index contributed by atoms with van der Waals surface area (Å²) in [5.41, 5.74) is 0.295. The average molecular weight is 196 g/mol. The van der Waals surface area contributed by atoms with Crippen LogP contribution in [0.1, 0.15) is 40.0 Å². The predicted octanol–water partition coefficient (Wildman–Crippen LogP) is 2.93. The zero-order chi connectivity index (χ0) is 10.8. The van der Waals surface area contributed by atoms with Crippen LogP contribution in [0.3, 0.4) is 0 Å². The first-order valence-corrected chi connectivity index (χ1v) is 5.26. The van der Waals surface area contributed by atoms with Gasteiger partial charge in [0.2, 0.25) is 0 Å². The van der Waals surface area contributed by atoms with Gasteiger partial charge in [-0.3, -0.25) is 0 Å². The molecule has 2 nitrogen and oxygen atoms in total. The minimum absolute atomic E-state index is 0.0826. The molecule has 2 heteroatoms. The van der Waals surface area contributed by atoms with Crippen molar-refractivity contribution in [2.24, 2.45) is 11.3 Å².